The fourth-order valence-corrected chi connectivity index (χ4v) is 5.24. The van der Waals surface area contributed by atoms with Crippen molar-refractivity contribution in [3.8, 4) is 11.5 Å². The average Bonchev–Trinajstić information content (AvgIpc) is 3.22. The first-order chi connectivity index (χ1) is 15.2. The number of ether oxygens (including phenoxy) is 2. The number of benzene rings is 2. The van der Waals surface area contributed by atoms with E-state index in [1.165, 1.54) is 5.69 Å². The number of carbonyl (C=O) groups is 1. The first kappa shape index (κ1) is 19.9. The Kier molecular flexibility index (Phi) is 5.31. The van der Waals surface area contributed by atoms with Crippen molar-refractivity contribution in [2.45, 2.75) is 0 Å². The van der Waals surface area contributed by atoms with E-state index in [2.05, 4.69) is 28.0 Å². The van der Waals surface area contributed by atoms with Gasteiger partial charge in [0, 0.05) is 45.0 Å². The average molecular weight is 439 g/mol. The van der Waals surface area contributed by atoms with E-state index in [4.69, 9.17) is 14.5 Å². The minimum absolute atomic E-state index is 0.0569. The number of amides is 1. The highest BCUT2D eigenvalue weighted by Crippen LogP contribution is 2.37. The van der Waals surface area contributed by atoms with Gasteiger partial charge in [0.1, 0.15) is 17.0 Å². The number of fused-ring (bicyclic) bond motifs is 1. The lowest BCUT2D eigenvalue weighted by molar-refractivity contribution is -0.136. The number of carbonyl (C=O) groups excluding carboxylic acids is 1. The molecule has 0 aliphatic carbocycles. The van der Waals surface area contributed by atoms with Gasteiger partial charge in [-0.1, -0.05) is 17.4 Å². The molecule has 162 valence electrons. The first-order valence-corrected chi connectivity index (χ1v) is 11.3. The summed E-state index contributed by atoms with van der Waals surface area (Å²) in [5.41, 5.74) is 2.07. The largest absolute Gasteiger partial charge is 0.497 e. The molecule has 3 aromatic rings. The fourth-order valence-electron chi connectivity index (χ4n) is 4.24. The van der Waals surface area contributed by atoms with Gasteiger partial charge in [-0.25, -0.2) is 4.98 Å². The molecular formula is C23H26N4O3S. The highest BCUT2D eigenvalue weighted by atomic mass is 32.1. The summed E-state index contributed by atoms with van der Waals surface area (Å²) in [6, 6.07) is 14.1. The molecule has 2 aliphatic rings. The number of aromatic nitrogens is 1. The standard InChI is InChI=1S/C23H26N4O3S/c1-29-18-8-6-17(7-9-18)25-10-12-26(13-11-25)22(28)16-14-27(15-16)23-24-21-19(30-2)4-3-5-20(21)31-23/h3-9,16H,10-15H2,1-2H3. The normalized spacial score (nSPS) is 17.0. The van der Waals surface area contributed by atoms with Gasteiger partial charge >= 0.3 is 0 Å². The van der Waals surface area contributed by atoms with Crippen LogP contribution in [0.15, 0.2) is 42.5 Å². The van der Waals surface area contributed by atoms with Crippen LogP contribution in [0.1, 0.15) is 0 Å². The van der Waals surface area contributed by atoms with Crippen LogP contribution < -0.4 is 19.3 Å². The molecule has 31 heavy (non-hydrogen) atoms. The maximum Gasteiger partial charge on any atom is 0.229 e. The molecule has 0 unspecified atom stereocenters. The Bertz CT molecular complexity index is 1070. The second-order valence-electron chi connectivity index (χ2n) is 7.92. The van der Waals surface area contributed by atoms with Gasteiger partial charge in [0.05, 0.1) is 24.8 Å². The molecule has 0 atom stereocenters. The molecule has 7 nitrogen and oxygen atoms in total. The number of hydrogen-bond donors (Lipinski definition) is 0. The fraction of sp³-hybridized carbons (Fsp3) is 0.391. The van der Waals surface area contributed by atoms with Crippen molar-refractivity contribution in [1.82, 2.24) is 9.88 Å². The van der Waals surface area contributed by atoms with Crippen molar-refractivity contribution < 1.29 is 14.3 Å². The highest BCUT2D eigenvalue weighted by Gasteiger charge is 2.37. The minimum atomic E-state index is 0.0569. The van der Waals surface area contributed by atoms with E-state index in [0.717, 1.165) is 66.1 Å². The quantitative estimate of drug-likeness (QED) is 0.610. The number of piperazine rings is 1. The summed E-state index contributed by atoms with van der Waals surface area (Å²) >= 11 is 1.65. The van der Waals surface area contributed by atoms with Gasteiger partial charge in [-0.2, -0.15) is 0 Å². The molecule has 2 saturated heterocycles. The van der Waals surface area contributed by atoms with E-state index >= 15 is 0 Å². The van der Waals surface area contributed by atoms with Crippen LogP contribution in [-0.4, -0.2) is 69.3 Å². The highest BCUT2D eigenvalue weighted by molar-refractivity contribution is 7.22. The number of para-hydroxylation sites is 1. The molecule has 2 aliphatic heterocycles. The number of anilines is 2. The lowest BCUT2D eigenvalue weighted by Gasteiger charge is -2.43. The summed E-state index contributed by atoms with van der Waals surface area (Å²) in [6.07, 6.45) is 0. The zero-order valence-electron chi connectivity index (χ0n) is 17.8. The van der Waals surface area contributed by atoms with Crippen LogP contribution in [0.4, 0.5) is 10.8 Å². The molecule has 1 aromatic heterocycles. The first-order valence-electron chi connectivity index (χ1n) is 10.5. The SMILES string of the molecule is COc1ccc(N2CCN(C(=O)C3CN(c4nc5c(OC)cccc5s4)C3)CC2)cc1. The monoisotopic (exact) mass is 438 g/mol. The number of rotatable bonds is 5. The number of methoxy groups -OCH3 is 2. The van der Waals surface area contributed by atoms with E-state index in [1.807, 2.05) is 29.2 Å². The maximum atomic E-state index is 13.0. The maximum absolute atomic E-state index is 13.0. The van der Waals surface area contributed by atoms with Crippen LogP contribution in [0.2, 0.25) is 0 Å². The van der Waals surface area contributed by atoms with Crippen molar-refractivity contribution in [3.05, 3.63) is 42.5 Å². The van der Waals surface area contributed by atoms with E-state index in [0.29, 0.717) is 0 Å². The number of thiazole rings is 1. The van der Waals surface area contributed by atoms with Gasteiger partial charge in [0.2, 0.25) is 5.91 Å². The van der Waals surface area contributed by atoms with E-state index in [9.17, 15) is 4.79 Å². The zero-order chi connectivity index (χ0) is 21.4. The lowest BCUT2D eigenvalue weighted by Crippen LogP contribution is -2.58. The second kappa shape index (κ2) is 8.26. The smallest absolute Gasteiger partial charge is 0.229 e. The third kappa shape index (κ3) is 3.76. The van der Waals surface area contributed by atoms with Crippen LogP contribution in [0.25, 0.3) is 10.2 Å². The molecule has 0 spiro atoms. The molecule has 0 N–H and O–H groups in total. The Hall–Kier alpha value is -3.00. The molecule has 0 bridgehead atoms. The van der Waals surface area contributed by atoms with Crippen molar-refractivity contribution >= 4 is 38.3 Å². The Labute approximate surface area is 185 Å². The van der Waals surface area contributed by atoms with Crippen LogP contribution >= 0.6 is 11.3 Å². The van der Waals surface area contributed by atoms with Crippen LogP contribution in [0, 0.1) is 5.92 Å². The Balaban J connectivity index is 1.16. The molecule has 8 heteroatoms. The van der Waals surface area contributed by atoms with Gasteiger partial charge in [-0.3, -0.25) is 4.79 Å². The van der Waals surface area contributed by atoms with Crippen molar-refractivity contribution in [2.75, 3.05) is 63.3 Å². The van der Waals surface area contributed by atoms with Crippen LogP contribution in [-0.2, 0) is 4.79 Å². The Morgan fingerprint density at radius 3 is 2.39 bits per heavy atom. The summed E-state index contributed by atoms with van der Waals surface area (Å²) < 4.78 is 11.8. The van der Waals surface area contributed by atoms with Crippen LogP contribution in [0.5, 0.6) is 11.5 Å². The van der Waals surface area contributed by atoms with Gasteiger partial charge in [0.15, 0.2) is 5.13 Å². The van der Waals surface area contributed by atoms with Crippen molar-refractivity contribution in [2.24, 2.45) is 5.92 Å². The topological polar surface area (TPSA) is 58.1 Å². The van der Waals surface area contributed by atoms with E-state index < -0.39 is 0 Å². The summed E-state index contributed by atoms with van der Waals surface area (Å²) in [7, 11) is 3.34. The molecular weight excluding hydrogens is 412 g/mol. The summed E-state index contributed by atoms with van der Waals surface area (Å²) in [5.74, 6) is 1.98. The third-order valence-corrected chi connectivity index (χ3v) is 7.20. The van der Waals surface area contributed by atoms with Crippen molar-refractivity contribution in [1.29, 1.82) is 0 Å². The number of nitrogens with zero attached hydrogens (tertiary/aromatic N) is 4. The molecule has 2 aromatic carbocycles. The lowest BCUT2D eigenvalue weighted by atomic mass is 9.99. The zero-order valence-corrected chi connectivity index (χ0v) is 18.6. The predicted molar refractivity (Wildman–Crippen MR) is 124 cm³/mol. The molecule has 0 radical (unpaired) electrons. The molecule has 5 rings (SSSR count). The van der Waals surface area contributed by atoms with Gasteiger partial charge in [-0.05, 0) is 36.4 Å². The summed E-state index contributed by atoms with van der Waals surface area (Å²) in [4.78, 5) is 24.3. The van der Waals surface area contributed by atoms with E-state index in [-0.39, 0.29) is 11.8 Å². The molecule has 2 fully saturated rings. The predicted octanol–water partition coefficient (Wildman–Crippen LogP) is 3.10. The third-order valence-electron chi connectivity index (χ3n) is 6.12. The van der Waals surface area contributed by atoms with Crippen LogP contribution in [0.3, 0.4) is 0 Å². The molecule has 3 heterocycles. The summed E-state index contributed by atoms with van der Waals surface area (Å²) in [6.45, 7) is 4.71. The summed E-state index contributed by atoms with van der Waals surface area (Å²) in [5, 5.41) is 0.966. The van der Waals surface area contributed by atoms with Gasteiger partial charge in [-0.15, -0.1) is 0 Å². The van der Waals surface area contributed by atoms with Gasteiger partial charge < -0.3 is 24.2 Å². The Morgan fingerprint density at radius 1 is 0.968 bits per heavy atom. The number of hydrogen-bond acceptors (Lipinski definition) is 7. The molecule has 1 amide bonds. The molecule has 0 saturated carbocycles. The van der Waals surface area contributed by atoms with Gasteiger partial charge in [0.25, 0.3) is 0 Å². The van der Waals surface area contributed by atoms with Crippen molar-refractivity contribution in [3.63, 3.8) is 0 Å². The Morgan fingerprint density at radius 2 is 1.71 bits per heavy atom. The minimum Gasteiger partial charge on any atom is -0.497 e. The second-order valence-corrected chi connectivity index (χ2v) is 8.92. The van der Waals surface area contributed by atoms with E-state index in [1.54, 1.807) is 25.6 Å².